The van der Waals surface area contributed by atoms with Gasteiger partial charge in [-0.2, -0.15) is 0 Å². The van der Waals surface area contributed by atoms with Gasteiger partial charge in [-0.05, 0) is 24.3 Å². The average molecular weight is 372 g/mol. The van der Waals surface area contributed by atoms with Gasteiger partial charge >= 0.3 is 0 Å². The van der Waals surface area contributed by atoms with Crippen LogP contribution in [-0.2, 0) is 10.0 Å². The van der Waals surface area contributed by atoms with Gasteiger partial charge in [-0.3, -0.25) is 4.79 Å². The topological polar surface area (TPSA) is 89.3 Å². The fraction of sp³-hybridized carbons (Fsp3) is 0.417. The fourth-order valence-electron chi connectivity index (χ4n) is 1.76. The van der Waals surface area contributed by atoms with E-state index in [9.17, 15) is 13.2 Å². The van der Waals surface area contributed by atoms with Gasteiger partial charge in [0, 0.05) is 6.54 Å². The van der Waals surface area contributed by atoms with Gasteiger partial charge in [-0.25, -0.2) is 13.6 Å². The van der Waals surface area contributed by atoms with Crippen LogP contribution < -0.4 is 10.5 Å². The lowest BCUT2D eigenvalue weighted by Crippen LogP contribution is -2.30. The third kappa shape index (κ3) is 3.63. The third-order valence-corrected chi connectivity index (χ3v) is 5.66. The van der Waals surface area contributed by atoms with E-state index in [1.165, 1.54) is 0 Å². The first-order valence-corrected chi connectivity index (χ1v) is 8.72. The standard InChI is InChI=1S/C12H13Cl3N2O3S/c1-12(2-3-12)5-17-11(18)8-9(14)6(13)4-7(10(8)15)21(16,19)20/h4H,2-3,5H2,1H3,(H,17,18)(H2,16,19,20). The molecule has 5 nitrogen and oxygen atoms in total. The minimum Gasteiger partial charge on any atom is -0.351 e. The predicted octanol–water partition coefficient (Wildman–Crippen LogP) is 2.82. The number of halogens is 3. The van der Waals surface area contributed by atoms with Crippen molar-refractivity contribution >= 4 is 50.7 Å². The van der Waals surface area contributed by atoms with Gasteiger partial charge in [-0.1, -0.05) is 41.7 Å². The maximum absolute atomic E-state index is 12.2. The van der Waals surface area contributed by atoms with E-state index >= 15 is 0 Å². The molecule has 9 heteroatoms. The van der Waals surface area contributed by atoms with Crippen LogP contribution in [0.5, 0.6) is 0 Å². The number of nitrogens with two attached hydrogens (primary N) is 1. The summed E-state index contributed by atoms with van der Waals surface area (Å²) in [4.78, 5) is 11.8. The summed E-state index contributed by atoms with van der Waals surface area (Å²) in [5.74, 6) is -0.578. The number of benzene rings is 1. The Morgan fingerprint density at radius 3 is 2.38 bits per heavy atom. The first-order chi connectivity index (χ1) is 9.55. The molecule has 1 aliphatic carbocycles. The van der Waals surface area contributed by atoms with Gasteiger partial charge in [0.1, 0.15) is 4.90 Å². The molecule has 0 aliphatic heterocycles. The summed E-state index contributed by atoms with van der Waals surface area (Å²) in [7, 11) is -4.11. The minimum atomic E-state index is -4.11. The van der Waals surface area contributed by atoms with E-state index in [-0.39, 0.29) is 26.0 Å². The molecule has 0 spiro atoms. The maximum atomic E-state index is 12.2. The molecule has 0 heterocycles. The molecule has 1 aromatic rings. The Balaban J connectivity index is 2.42. The molecule has 0 radical (unpaired) electrons. The molecule has 0 unspecified atom stereocenters. The molecule has 116 valence electrons. The summed E-state index contributed by atoms with van der Waals surface area (Å²) in [5, 5.41) is 7.20. The third-order valence-electron chi connectivity index (χ3n) is 3.44. The highest BCUT2D eigenvalue weighted by Crippen LogP contribution is 2.44. The molecule has 0 bridgehead atoms. The van der Waals surface area contributed by atoms with E-state index < -0.39 is 20.8 Å². The van der Waals surface area contributed by atoms with Crippen molar-refractivity contribution in [1.29, 1.82) is 0 Å². The van der Waals surface area contributed by atoms with Crippen LogP contribution in [0.3, 0.4) is 0 Å². The van der Waals surface area contributed by atoms with E-state index in [2.05, 4.69) is 5.32 Å². The normalized spacial score (nSPS) is 16.6. The monoisotopic (exact) mass is 370 g/mol. The largest absolute Gasteiger partial charge is 0.351 e. The quantitative estimate of drug-likeness (QED) is 0.798. The molecule has 2 rings (SSSR count). The molecule has 1 amide bonds. The Labute approximate surface area is 137 Å². The van der Waals surface area contributed by atoms with Crippen LogP contribution in [0.2, 0.25) is 15.1 Å². The van der Waals surface area contributed by atoms with E-state index in [1.807, 2.05) is 6.92 Å². The molecular weight excluding hydrogens is 359 g/mol. The Morgan fingerprint density at radius 1 is 1.33 bits per heavy atom. The molecule has 21 heavy (non-hydrogen) atoms. The summed E-state index contributed by atoms with van der Waals surface area (Å²) < 4.78 is 23.0. The maximum Gasteiger partial charge on any atom is 0.254 e. The first-order valence-electron chi connectivity index (χ1n) is 6.04. The number of nitrogens with one attached hydrogen (secondary N) is 1. The number of carbonyl (C=O) groups is 1. The van der Waals surface area contributed by atoms with Crippen LogP contribution in [0.15, 0.2) is 11.0 Å². The first kappa shape index (κ1) is 16.8. The molecule has 1 aliphatic rings. The second kappa shape index (κ2) is 5.59. The van der Waals surface area contributed by atoms with Gasteiger partial charge in [0.05, 0.1) is 20.6 Å². The predicted molar refractivity (Wildman–Crippen MR) is 82.5 cm³/mol. The van der Waals surface area contributed by atoms with Gasteiger partial charge < -0.3 is 5.32 Å². The Kier molecular flexibility index (Phi) is 4.48. The van der Waals surface area contributed by atoms with Gasteiger partial charge in [-0.15, -0.1) is 0 Å². The lowest BCUT2D eigenvalue weighted by Gasteiger charge is -2.14. The number of amides is 1. The van der Waals surface area contributed by atoms with Crippen LogP contribution in [-0.4, -0.2) is 20.9 Å². The molecule has 0 aromatic heterocycles. The van der Waals surface area contributed by atoms with Crippen LogP contribution in [0.1, 0.15) is 30.1 Å². The number of sulfonamides is 1. The van der Waals surface area contributed by atoms with Crippen molar-refractivity contribution in [3.63, 3.8) is 0 Å². The summed E-state index contributed by atoms with van der Waals surface area (Å²) in [6, 6.07) is 1.03. The number of rotatable bonds is 4. The Morgan fingerprint density at radius 2 is 1.90 bits per heavy atom. The molecule has 3 N–H and O–H groups in total. The second-order valence-electron chi connectivity index (χ2n) is 5.40. The molecule has 1 aromatic carbocycles. The Hall–Kier alpha value is -0.530. The molecule has 0 saturated heterocycles. The lowest BCUT2D eigenvalue weighted by molar-refractivity contribution is 0.0946. The number of carbonyl (C=O) groups excluding carboxylic acids is 1. The lowest BCUT2D eigenvalue weighted by atomic mass is 10.1. The summed E-state index contributed by atoms with van der Waals surface area (Å²) in [5.41, 5.74) is -0.102. The highest BCUT2D eigenvalue weighted by atomic mass is 35.5. The second-order valence-corrected chi connectivity index (χ2v) is 8.09. The van der Waals surface area contributed by atoms with Crippen molar-refractivity contribution < 1.29 is 13.2 Å². The minimum absolute atomic E-state index is 0.0793. The van der Waals surface area contributed by atoms with E-state index in [0.29, 0.717) is 6.54 Å². The SMILES string of the molecule is CC1(CNC(=O)c2c(Cl)c(Cl)cc(S(N)(=O)=O)c2Cl)CC1. The van der Waals surface area contributed by atoms with Gasteiger partial charge in [0.15, 0.2) is 0 Å². The zero-order valence-electron chi connectivity index (χ0n) is 11.0. The molecule has 1 saturated carbocycles. The zero-order chi connectivity index (χ0) is 16.0. The molecule has 1 fully saturated rings. The smallest absolute Gasteiger partial charge is 0.254 e. The molecule has 0 atom stereocenters. The van der Waals surface area contributed by atoms with Gasteiger partial charge in [0.25, 0.3) is 5.91 Å². The molecular formula is C12H13Cl3N2O3S. The van der Waals surface area contributed by atoms with Crippen molar-refractivity contribution in [2.24, 2.45) is 10.6 Å². The van der Waals surface area contributed by atoms with Crippen molar-refractivity contribution in [2.75, 3.05) is 6.54 Å². The zero-order valence-corrected chi connectivity index (χ0v) is 14.1. The van der Waals surface area contributed by atoms with Crippen LogP contribution in [0.4, 0.5) is 0 Å². The van der Waals surface area contributed by atoms with Crippen molar-refractivity contribution in [2.45, 2.75) is 24.7 Å². The number of hydrogen-bond acceptors (Lipinski definition) is 3. The van der Waals surface area contributed by atoms with E-state index in [0.717, 1.165) is 18.9 Å². The average Bonchev–Trinajstić information content (AvgIpc) is 3.09. The number of hydrogen-bond donors (Lipinski definition) is 2. The highest BCUT2D eigenvalue weighted by molar-refractivity contribution is 7.89. The summed E-state index contributed by atoms with van der Waals surface area (Å²) in [6.07, 6.45) is 2.04. The van der Waals surface area contributed by atoms with Crippen LogP contribution in [0.25, 0.3) is 0 Å². The van der Waals surface area contributed by atoms with E-state index in [1.54, 1.807) is 0 Å². The van der Waals surface area contributed by atoms with Crippen molar-refractivity contribution in [1.82, 2.24) is 5.32 Å². The van der Waals surface area contributed by atoms with Crippen molar-refractivity contribution in [3.8, 4) is 0 Å². The van der Waals surface area contributed by atoms with Crippen LogP contribution in [0, 0.1) is 5.41 Å². The van der Waals surface area contributed by atoms with Gasteiger partial charge in [0.2, 0.25) is 10.0 Å². The number of primary sulfonamides is 1. The Bertz CT molecular complexity index is 715. The van der Waals surface area contributed by atoms with Crippen molar-refractivity contribution in [3.05, 3.63) is 26.7 Å². The summed E-state index contributed by atoms with van der Waals surface area (Å²) in [6.45, 7) is 2.49. The van der Waals surface area contributed by atoms with E-state index in [4.69, 9.17) is 39.9 Å². The summed E-state index contributed by atoms with van der Waals surface area (Å²) >= 11 is 17.8. The highest BCUT2D eigenvalue weighted by Gasteiger charge is 2.37. The fourth-order valence-corrected chi connectivity index (χ4v) is 3.50. The van der Waals surface area contributed by atoms with Crippen LogP contribution >= 0.6 is 34.8 Å².